The Morgan fingerprint density at radius 3 is 2.83 bits per heavy atom. The van der Waals surface area contributed by atoms with E-state index >= 15 is 0 Å². The Morgan fingerprint density at radius 1 is 1.56 bits per heavy atom. The van der Waals surface area contributed by atoms with Gasteiger partial charge in [-0.3, -0.25) is 0 Å². The quantitative estimate of drug-likeness (QED) is 0.808. The molecule has 0 heterocycles. The molecule has 18 heavy (non-hydrogen) atoms. The number of benzene rings is 1. The van der Waals surface area contributed by atoms with Gasteiger partial charge in [-0.2, -0.15) is 0 Å². The SMILES string of the molecule is C=CCc1ccc(C)c(CN(C(=O)O)C2CC2)c1. The maximum Gasteiger partial charge on any atom is 0.407 e. The highest BCUT2D eigenvalue weighted by Crippen LogP contribution is 2.29. The zero-order chi connectivity index (χ0) is 13.1. The van der Waals surface area contributed by atoms with Crippen LogP contribution in [0.3, 0.4) is 0 Å². The lowest BCUT2D eigenvalue weighted by atomic mass is 10.0. The van der Waals surface area contributed by atoms with Gasteiger partial charge in [-0.25, -0.2) is 4.79 Å². The molecule has 0 aromatic heterocycles. The van der Waals surface area contributed by atoms with Crippen LogP contribution in [-0.2, 0) is 13.0 Å². The number of amides is 1. The van der Waals surface area contributed by atoms with Crippen molar-refractivity contribution in [1.82, 2.24) is 4.90 Å². The van der Waals surface area contributed by atoms with E-state index < -0.39 is 6.09 Å². The van der Waals surface area contributed by atoms with Crippen LogP contribution < -0.4 is 0 Å². The van der Waals surface area contributed by atoms with Crippen molar-refractivity contribution in [1.29, 1.82) is 0 Å². The molecule has 0 aliphatic heterocycles. The minimum absolute atomic E-state index is 0.227. The molecule has 1 aliphatic carbocycles. The van der Waals surface area contributed by atoms with Crippen LogP contribution in [0.5, 0.6) is 0 Å². The molecule has 1 amide bonds. The highest BCUT2D eigenvalue weighted by Gasteiger charge is 2.32. The monoisotopic (exact) mass is 245 g/mol. The third-order valence-electron chi connectivity index (χ3n) is 3.37. The van der Waals surface area contributed by atoms with E-state index in [4.69, 9.17) is 0 Å². The van der Waals surface area contributed by atoms with Crippen LogP contribution in [0.4, 0.5) is 4.79 Å². The van der Waals surface area contributed by atoms with Gasteiger partial charge >= 0.3 is 6.09 Å². The second kappa shape index (κ2) is 5.25. The van der Waals surface area contributed by atoms with Gasteiger partial charge in [0.1, 0.15) is 0 Å². The van der Waals surface area contributed by atoms with Gasteiger partial charge in [0.2, 0.25) is 0 Å². The molecular formula is C15H19NO2. The van der Waals surface area contributed by atoms with E-state index in [2.05, 4.69) is 24.8 Å². The summed E-state index contributed by atoms with van der Waals surface area (Å²) in [5.41, 5.74) is 3.44. The molecule has 1 aromatic carbocycles. The summed E-state index contributed by atoms with van der Waals surface area (Å²) in [5.74, 6) is 0. The van der Waals surface area contributed by atoms with Crippen molar-refractivity contribution in [2.75, 3.05) is 0 Å². The first-order valence-corrected chi connectivity index (χ1v) is 6.30. The van der Waals surface area contributed by atoms with Crippen LogP contribution >= 0.6 is 0 Å². The summed E-state index contributed by atoms with van der Waals surface area (Å²) >= 11 is 0. The molecule has 0 atom stereocenters. The van der Waals surface area contributed by atoms with Crippen LogP contribution in [0, 0.1) is 6.92 Å². The van der Waals surface area contributed by atoms with Crippen LogP contribution in [0.2, 0.25) is 0 Å². The lowest BCUT2D eigenvalue weighted by Crippen LogP contribution is -2.31. The molecular weight excluding hydrogens is 226 g/mol. The number of rotatable bonds is 5. The molecule has 1 aliphatic rings. The van der Waals surface area contributed by atoms with E-state index in [-0.39, 0.29) is 6.04 Å². The van der Waals surface area contributed by atoms with Crippen molar-refractivity contribution >= 4 is 6.09 Å². The zero-order valence-electron chi connectivity index (χ0n) is 10.7. The Bertz CT molecular complexity index is 464. The molecule has 1 N–H and O–H groups in total. The molecule has 0 radical (unpaired) electrons. The summed E-state index contributed by atoms with van der Waals surface area (Å²) in [4.78, 5) is 12.8. The van der Waals surface area contributed by atoms with Crippen LogP contribution in [0.1, 0.15) is 29.5 Å². The first-order valence-electron chi connectivity index (χ1n) is 6.30. The summed E-state index contributed by atoms with van der Waals surface area (Å²) in [5, 5.41) is 9.22. The standard InChI is InChI=1S/C15H19NO2/c1-3-4-12-6-5-11(2)13(9-12)10-16(15(17)18)14-7-8-14/h3,5-6,9,14H,1,4,7-8,10H2,2H3,(H,17,18). The van der Waals surface area contributed by atoms with E-state index in [1.54, 1.807) is 4.90 Å². The normalized spacial score (nSPS) is 14.3. The molecule has 3 heteroatoms. The number of carbonyl (C=O) groups is 1. The van der Waals surface area contributed by atoms with E-state index in [1.807, 2.05) is 13.0 Å². The second-order valence-electron chi connectivity index (χ2n) is 4.90. The number of allylic oxidation sites excluding steroid dienone is 1. The van der Waals surface area contributed by atoms with Gasteiger partial charge in [-0.05, 0) is 42.9 Å². The predicted octanol–water partition coefficient (Wildman–Crippen LogP) is 3.37. The number of hydrogen-bond donors (Lipinski definition) is 1. The number of hydrogen-bond acceptors (Lipinski definition) is 1. The fraction of sp³-hybridized carbons (Fsp3) is 0.400. The van der Waals surface area contributed by atoms with Crippen LogP contribution in [0.25, 0.3) is 0 Å². The maximum absolute atomic E-state index is 11.2. The van der Waals surface area contributed by atoms with Crippen LogP contribution in [-0.4, -0.2) is 22.1 Å². The van der Waals surface area contributed by atoms with Crippen molar-refractivity contribution in [3.8, 4) is 0 Å². The molecule has 0 unspecified atom stereocenters. The van der Waals surface area contributed by atoms with Gasteiger partial charge in [0.25, 0.3) is 0 Å². The number of carboxylic acid groups (broad SMARTS) is 1. The molecule has 96 valence electrons. The van der Waals surface area contributed by atoms with E-state index in [0.717, 1.165) is 30.4 Å². The van der Waals surface area contributed by atoms with Gasteiger partial charge in [0.05, 0.1) is 0 Å². The molecule has 1 fully saturated rings. The van der Waals surface area contributed by atoms with Gasteiger partial charge in [-0.15, -0.1) is 6.58 Å². The van der Waals surface area contributed by atoms with Gasteiger partial charge in [0, 0.05) is 12.6 Å². The Hall–Kier alpha value is -1.77. The lowest BCUT2D eigenvalue weighted by molar-refractivity contribution is 0.139. The van der Waals surface area contributed by atoms with Crippen molar-refractivity contribution in [3.63, 3.8) is 0 Å². The van der Waals surface area contributed by atoms with E-state index in [1.165, 1.54) is 5.56 Å². The summed E-state index contributed by atoms with van der Waals surface area (Å²) in [6.07, 6.45) is 3.87. The van der Waals surface area contributed by atoms with Gasteiger partial charge in [-0.1, -0.05) is 24.3 Å². The molecule has 1 saturated carbocycles. The Balaban J connectivity index is 2.18. The van der Waals surface area contributed by atoms with E-state index in [9.17, 15) is 9.90 Å². The predicted molar refractivity (Wildman–Crippen MR) is 71.7 cm³/mol. The molecule has 1 aromatic rings. The zero-order valence-corrected chi connectivity index (χ0v) is 10.7. The summed E-state index contributed by atoms with van der Waals surface area (Å²) in [6, 6.07) is 6.45. The average Bonchev–Trinajstić information content (AvgIpc) is 3.13. The first-order chi connectivity index (χ1) is 8.61. The molecule has 2 rings (SSSR count). The second-order valence-corrected chi connectivity index (χ2v) is 4.90. The van der Waals surface area contributed by atoms with Crippen LogP contribution in [0.15, 0.2) is 30.9 Å². The topological polar surface area (TPSA) is 40.5 Å². The third-order valence-corrected chi connectivity index (χ3v) is 3.37. The largest absolute Gasteiger partial charge is 0.465 e. The maximum atomic E-state index is 11.2. The first kappa shape index (κ1) is 12.7. The van der Waals surface area contributed by atoms with Crippen molar-refractivity contribution < 1.29 is 9.90 Å². The smallest absolute Gasteiger partial charge is 0.407 e. The lowest BCUT2D eigenvalue weighted by Gasteiger charge is -2.20. The van der Waals surface area contributed by atoms with Crippen molar-refractivity contribution in [2.24, 2.45) is 0 Å². The minimum atomic E-state index is -0.814. The molecule has 0 bridgehead atoms. The van der Waals surface area contributed by atoms with Gasteiger partial charge < -0.3 is 10.0 Å². The fourth-order valence-electron chi connectivity index (χ4n) is 2.11. The third kappa shape index (κ3) is 2.92. The number of aryl methyl sites for hydroxylation is 1. The summed E-state index contributed by atoms with van der Waals surface area (Å²) < 4.78 is 0. The molecule has 3 nitrogen and oxygen atoms in total. The average molecular weight is 245 g/mol. The minimum Gasteiger partial charge on any atom is -0.465 e. The highest BCUT2D eigenvalue weighted by atomic mass is 16.4. The summed E-state index contributed by atoms with van der Waals surface area (Å²) in [6.45, 7) is 6.26. The molecule has 0 saturated heterocycles. The van der Waals surface area contributed by atoms with Gasteiger partial charge in [0.15, 0.2) is 0 Å². The fourth-order valence-corrected chi connectivity index (χ4v) is 2.11. The van der Waals surface area contributed by atoms with E-state index in [0.29, 0.717) is 6.54 Å². The number of nitrogens with zero attached hydrogens (tertiary/aromatic N) is 1. The van der Waals surface area contributed by atoms with Crippen molar-refractivity contribution in [2.45, 2.75) is 38.8 Å². The Morgan fingerprint density at radius 2 is 2.28 bits per heavy atom. The highest BCUT2D eigenvalue weighted by molar-refractivity contribution is 5.66. The Kier molecular flexibility index (Phi) is 3.70. The molecule has 0 spiro atoms. The Labute approximate surface area is 108 Å². The van der Waals surface area contributed by atoms with Crippen molar-refractivity contribution in [3.05, 3.63) is 47.5 Å². The summed E-state index contributed by atoms with van der Waals surface area (Å²) in [7, 11) is 0.